The summed E-state index contributed by atoms with van der Waals surface area (Å²) in [5.41, 5.74) is 2.76. The molecule has 30 heavy (non-hydrogen) atoms. The number of benzene rings is 2. The van der Waals surface area contributed by atoms with Gasteiger partial charge in [-0.05, 0) is 41.5 Å². The average molecular weight is 421 g/mol. The molecule has 0 saturated carbocycles. The van der Waals surface area contributed by atoms with E-state index < -0.39 is 0 Å². The molecule has 3 aromatic rings. The molecule has 0 aliphatic carbocycles. The second-order valence-corrected chi connectivity index (χ2v) is 7.76. The molecule has 1 heterocycles. The van der Waals surface area contributed by atoms with Gasteiger partial charge in [0.05, 0.1) is 13.5 Å². The Kier molecular flexibility index (Phi) is 8.03. The Morgan fingerprint density at radius 2 is 1.70 bits per heavy atom. The van der Waals surface area contributed by atoms with Gasteiger partial charge in [0.15, 0.2) is 0 Å². The smallest absolute Gasteiger partial charge is 0.307 e. The SMILES string of the molecule is COC(=O)CCN(Cc1ccccc1)C(=O)c1ccc(SCc2cccnc2)cc1. The van der Waals surface area contributed by atoms with Crippen LogP contribution < -0.4 is 0 Å². The average Bonchev–Trinajstić information content (AvgIpc) is 2.81. The van der Waals surface area contributed by atoms with E-state index in [1.165, 1.54) is 7.11 Å². The molecule has 2 aromatic carbocycles. The van der Waals surface area contributed by atoms with Gasteiger partial charge in [-0.1, -0.05) is 36.4 Å². The van der Waals surface area contributed by atoms with E-state index in [0.717, 1.165) is 21.8 Å². The van der Waals surface area contributed by atoms with Crippen molar-refractivity contribution in [2.24, 2.45) is 0 Å². The monoisotopic (exact) mass is 420 g/mol. The Morgan fingerprint density at radius 1 is 0.967 bits per heavy atom. The van der Waals surface area contributed by atoms with Gasteiger partial charge in [0.1, 0.15) is 0 Å². The van der Waals surface area contributed by atoms with Gasteiger partial charge in [-0.15, -0.1) is 11.8 Å². The number of aromatic nitrogens is 1. The molecule has 0 aliphatic heterocycles. The number of carbonyl (C=O) groups excluding carboxylic acids is 2. The maximum atomic E-state index is 13.1. The summed E-state index contributed by atoms with van der Waals surface area (Å²) in [6, 6.07) is 21.3. The molecule has 6 heteroatoms. The largest absolute Gasteiger partial charge is 0.469 e. The lowest BCUT2D eigenvalue weighted by molar-refractivity contribution is -0.140. The van der Waals surface area contributed by atoms with E-state index >= 15 is 0 Å². The molecule has 154 valence electrons. The number of hydrogen-bond donors (Lipinski definition) is 0. The van der Waals surface area contributed by atoms with Crippen LogP contribution in [0.5, 0.6) is 0 Å². The van der Waals surface area contributed by atoms with Crippen molar-refractivity contribution < 1.29 is 14.3 Å². The van der Waals surface area contributed by atoms with Crippen LogP contribution in [0.2, 0.25) is 0 Å². The Bertz CT molecular complexity index is 947. The fraction of sp³-hybridized carbons (Fsp3) is 0.208. The number of ether oxygens (including phenoxy) is 1. The van der Waals surface area contributed by atoms with Crippen LogP contribution in [-0.4, -0.2) is 35.4 Å². The van der Waals surface area contributed by atoms with Gasteiger partial charge in [0, 0.05) is 41.7 Å². The Labute approximate surface area is 181 Å². The van der Waals surface area contributed by atoms with Crippen LogP contribution >= 0.6 is 11.8 Å². The van der Waals surface area contributed by atoms with Crippen LogP contribution in [0, 0.1) is 0 Å². The maximum Gasteiger partial charge on any atom is 0.307 e. The van der Waals surface area contributed by atoms with Crippen molar-refractivity contribution in [3.8, 4) is 0 Å². The minimum atomic E-state index is -0.331. The number of thioether (sulfide) groups is 1. The second kappa shape index (κ2) is 11.2. The lowest BCUT2D eigenvalue weighted by Gasteiger charge is -2.22. The van der Waals surface area contributed by atoms with E-state index in [1.54, 1.807) is 22.9 Å². The zero-order valence-corrected chi connectivity index (χ0v) is 17.7. The highest BCUT2D eigenvalue weighted by atomic mass is 32.2. The van der Waals surface area contributed by atoms with E-state index in [0.29, 0.717) is 18.7 Å². The molecular formula is C24H24N2O3S. The molecule has 0 spiro atoms. The van der Waals surface area contributed by atoms with E-state index in [1.807, 2.05) is 72.9 Å². The summed E-state index contributed by atoms with van der Waals surface area (Å²) in [6.07, 6.45) is 3.78. The van der Waals surface area contributed by atoms with Crippen molar-refractivity contribution in [3.63, 3.8) is 0 Å². The molecule has 3 rings (SSSR count). The summed E-state index contributed by atoms with van der Waals surface area (Å²) in [5, 5.41) is 0. The fourth-order valence-electron chi connectivity index (χ4n) is 2.91. The quantitative estimate of drug-likeness (QED) is 0.375. The van der Waals surface area contributed by atoms with Crippen LogP contribution in [0.4, 0.5) is 0 Å². The number of amides is 1. The summed E-state index contributed by atoms with van der Waals surface area (Å²) in [6.45, 7) is 0.742. The number of carbonyl (C=O) groups is 2. The van der Waals surface area contributed by atoms with Crippen LogP contribution in [0.1, 0.15) is 27.9 Å². The van der Waals surface area contributed by atoms with Crippen molar-refractivity contribution in [1.29, 1.82) is 0 Å². The van der Waals surface area contributed by atoms with Crippen molar-refractivity contribution in [2.45, 2.75) is 23.6 Å². The number of nitrogens with zero attached hydrogens (tertiary/aromatic N) is 2. The zero-order chi connectivity index (χ0) is 21.2. The summed E-state index contributed by atoms with van der Waals surface area (Å²) >= 11 is 1.70. The van der Waals surface area contributed by atoms with Gasteiger partial charge in [-0.3, -0.25) is 14.6 Å². The maximum absolute atomic E-state index is 13.1. The predicted octanol–water partition coefficient (Wildman–Crippen LogP) is 4.58. The van der Waals surface area contributed by atoms with Crippen LogP contribution in [0.25, 0.3) is 0 Å². The number of pyridine rings is 1. The van der Waals surface area contributed by atoms with E-state index in [2.05, 4.69) is 4.98 Å². The third-order valence-corrected chi connectivity index (χ3v) is 5.63. The van der Waals surface area contributed by atoms with Crippen LogP contribution in [0.3, 0.4) is 0 Å². The zero-order valence-electron chi connectivity index (χ0n) is 16.9. The Morgan fingerprint density at radius 3 is 2.37 bits per heavy atom. The number of esters is 1. The lowest BCUT2D eigenvalue weighted by Crippen LogP contribution is -2.32. The molecule has 1 amide bonds. The van der Waals surface area contributed by atoms with Gasteiger partial charge in [-0.25, -0.2) is 0 Å². The van der Waals surface area contributed by atoms with Crippen LogP contribution in [-0.2, 0) is 21.8 Å². The normalized spacial score (nSPS) is 10.4. The predicted molar refractivity (Wildman–Crippen MR) is 118 cm³/mol. The highest BCUT2D eigenvalue weighted by Crippen LogP contribution is 2.23. The fourth-order valence-corrected chi connectivity index (χ4v) is 3.74. The van der Waals surface area contributed by atoms with Crippen molar-refractivity contribution in [2.75, 3.05) is 13.7 Å². The van der Waals surface area contributed by atoms with Crippen molar-refractivity contribution in [3.05, 3.63) is 95.8 Å². The molecule has 0 fully saturated rings. The van der Waals surface area contributed by atoms with Gasteiger partial charge >= 0.3 is 5.97 Å². The van der Waals surface area contributed by atoms with Gasteiger partial charge in [0.2, 0.25) is 0 Å². The molecule has 0 atom stereocenters. The van der Waals surface area contributed by atoms with E-state index in [9.17, 15) is 9.59 Å². The third kappa shape index (κ3) is 6.46. The van der Waals surface area contributed by atoms with Gasteiger partial charge in [0.25, 0.3) is 5.91 Å². The molecule has 5 nitrogen and oxygen atoms in total. The Hall–Kier alpha value is -3.12. The Balaban J connectivity index is 1.67. The summed E-state index contributed by atoms with van der Waals surface area (Å²) in [4.78, 5) is 31.6. The highest BCUT2D eigenvalue weighted by molar-refractivity contribution is 7.98. The first kappa shape index (κ1) is 21.6. The third-order valence-electron chi connectivity index (χ3n) is 4.55. The lowest BCUT2D eigenvalue weighted by atomic mass is 10.1. The van der Waals surface area contributed by atoms with Gasteiger partial charge in [-0.2, -0.15) is 0 Å². The minimum absolute atomic E-state index is 0.105. The summed E-state index contributed by atoms with van der Waals surface area (Å²) in [7, 11) is 1.35. The first-order chi connectivity index (χ1) is 14.7. The second-order valence-electron chi connectivity index (χ2n) is 6.71. The molecule has 0 saturated heterocycles. The van der Waals surface area contributed by atoms with E-state index in [-0.39, 0.29) is 18.3 Å². The molecule has 0 bridgehead atoms. The number of hydrogen-bond acceptors (Lipinski definition) is 5. The topological polar surface area (TPSA) is 59.5 Å². The standard InChI is InChI=1S/C24H24N2O3S/c1-29-23(27)13-15-26(17-19-6-3-2-4-7-19)24(28)21-9-11-22(12-10-21)30-18-20-8-5-14-25-16-20/h2-12,14,16H,13,15,17-18H2,1H3. The molecule has 0 aliphatic rings. The van der Waals surface area contributed by atoms with Gasteiger partial charge < -0.3 is 9.64 Å². The number of methoxy groups -OCH3 is 1. The van der Waals surface area contributed by atoms with Crippen molar-refractivity contribution in [1.82, 2.24) is 9.88 Å². The first-order valence-electron chi connectivity index (χ1n) is 9.67. The molecule has 0 unspecified atom stereocenters. The molecule has 1 aromatic heterocycles. The molecular weight excluding hydrogens is 396 g/mol. The summed E-state index contributed by atoms with van der Waals surface area (Å²) < 4.78 is 4.73. The number of rotatable bonds is 9. The van der Waals surface area contributed by atoms with Crippen LogP contribution in [0.15, 0.2) is 84.0 Å². The highest BCUT2D eigenvalue weighted by Gasteiger charge is 2.18. The minimum Gasteiger partial charge on any atom is -0.469 e. The van der Waals surface area contributed by atoms with E-state index in [4.69, 9.17) is 4.74 Å². The van der Waals surface area contributed by atoms with Crippen molar-refractivity contribution >= 4 is 23.6 Å². The summed E-state index contributed by atoms with van der Waals surface area (Å²) in [5.74, 6) is 0.384. The first-order valence-corrected chi connectivity index (χ1v) is 10.7. The molecule has 0 radical (unpaired) electrons. The molecule has 0 N–H and O–H groups in total.